The molecule has 0 bridgehead atoms. The SMILES string of the molecule is Cc1cc(/C(N)=N/O)ccc1CNN(C)C. The van der Waals surface area contributed by atoms with Crippen molar-refractivity contribution in [3.8, 4) is 0 Å². The zero-order chi connectivity index (χ0) is 12.1. The lowest BCUT2D eigenvalue weighted by Gasteiger charge is -2.14. The van der Waals surface area contributed by atoms with Crippen molar-refractivity contribution in [1.29, 1.82) is 0 Å². The molecule has 0 unspecified atom stereocenters. The predicted octanol–water partition coefficient (Wildman–Crippen LogP) is 0.656. The lowest BCUT2D eigenvalue weighted by Crippen LogP contribution is -2.29. The van der Waals surface area contributed by atoms with Gasteiger partial charge in [-0.1, -0.05) is 17.3 Å². The highest BCUT2D eigenvalue weighted by atomic mass is 16.4. The molecule has 1 aromatic rings. The van der Waals surface area contributed by atoms with E-state index in [4.69, 9.17) is 10.9 Å². The molecule has 1 aromatic carbocycles. The Kier molecular flexibility index (Phi) is 4.28. The molecule has 0 saturated heterocycles. The van der Waals surface area contributed by atoms with Crippen molar-refractivity contribution in [2.45, 2.75) is 13.5 Å². The first-order chi connectivity index (χ1) is 7.54. The molecule has 0 heterocycles. The van der Waals surface area contributed by atoms with Crippen molar-refractivity contribution in [1.82, 2.24) is 10.4 Å². The summed E-state index contributed by atoms with van der Waals surface area (Å²) in [5.41, 5.74) is 11.7. The molecule has 0 atom stereocenters. The van der Waals surface area contributed by atoms with Gasteiger partial charge in [-0.2, -0.15) is 0 Å². The van der Waals surface area contributed by atoms with Gasteiger partial charge >= 0.3 is 0 Å². The zero-order valence-corrected chi connectivity index (χ0v) is 9.86. The first-order valence-corrected chi connectivity index (χ1v) is 5.03. The molecule has 0 aliphatic rings. The number of nitrogens with zero attached hydrogens (tertiary/aromatic N) is 2. The van der Waals surface area contributed by atoms with Crippen LogP contribution >= 0.6 is 0 Å². The van der Waals surface area contributed by atoms with Gasteiger partial charge in [-0.3, -0.25) is 10.4 Å². The van der Waals surface area contributed by atoms with Crippen LogP contribution in [0, 0.1) is 6.92 Å². The first kappa shape index (κ1) is 12.5. The Morgan fingerprint density at radius 3 is 2.69 bits per heavy atom. The van der Waals surface area contributed by atoms with Gasteiger partial charge in [0.25, 0.3) is 0 Å². The minimum absolute atomic E-state index is 0.134. The van der Waals surface area contributed by atoms with E-state index >= 15 is 0 Å². The number of nitrogens with one attached hydrogen (secondary N) is 1. The van der Waals surface area contributed by atoms with E-state index in [1.165, 1.54) is 5.56 Å². The van der Waals surface area contributed by atoms with Gasteiger partial charge < -0.3 is 10.9 Å². The maximum Gasteiger partial charge on any atom is 0.170 e. The summed E-state index contributed by atoms with van der Waals surface area (Å²) in [7, 11) is 3.89. The Balaban J connectivity index is 2.83. The molecular formula is C11H18N4O. The van der Waals surface area contributed by atoms with Gasteiger partial charge in [-0.25, -0.2) is 0 Å². The number of nitrogens with two attached hydrogens (primary N) is 1. The van der Waals surface area contributed by atoms with Crippen LogP contribution in [0.5, 0.6) is 0 Å². The molecule has 0 fully saturated rings. The second-order valence-corrected chi connectivity index (χ2v) is 3.86. The predicted molar refractivity (Wildman–Crippen MR) is 64.2 cm³/mol. The number of rotatable bonds is 4. The van der Waals surface area contributed by atoms with Gasteiger partial charge in [0.1, 0.15) is 0 Å². The van der Waals surface area contributed by atoms with Crippen LogP contribution in [0.25, 0.3) is 0 Å². The van der Waals surface area contributed by atoms with Crippen LogP contribution in [0.2, 0.25) is 0 Å². The number of amidine groups is 1. The molecule has 0 radical (unpaired) electrons. The second-order valence-electron chi connectivity index (χ2n) is 3.86. The lowest BCUT2D eigenvalue weighted by atomic mass is 10.0. The molecule has 88 valence electrons. The molecule has 16 heavy (non-hydrogen) atoms. The smallest absolute Gasteiger partial charge is 0.170 e. The molecule has 0 spiro atoms. The highest BCUT2D eigenvalue weighted by molar-refractivity contribution is 5.97. The molecule has 0 aliphatic heterocycles. The maximum absolute atomic E-state index is 8.57. The van der Waals surface area contributed by atoms with Gasteiger partial charge in [0.2, 0.25) is 0 Å². The summed E-state index contributed by atoms with van der Waals surface area (Å²) >= 11 is 0. The van der Waals surface area contributed by atoms with E-state index in [1.54, 1.807) is 0 Å². The number of hydrogen-bond donors (Lipinski definition) is 3. The summed E-state index contributed by atoms with van der Waals surface area (Å²) < 4.78 is 0. The number of oxime groups is 1. The summed E-state index contributed by atoms with van der Waals surface area (Å²) in [4.78, 5) is 0. The van der Waals surface area contributed by atoms with Crippen LogP contribution in [0.4, 0.5) is 0 Å². The Morgan fingerprint density at radius 1 is 1.50 bits per heavy atom. The van der Waals surface area contributed by atoms with E-state index in [0.717, 1.165) is 17.7 Å². The molecule has 1 rings (SSSR count). The van der Waals surface area contributed by atoms with E-state index in [9.17, 15) is 0 Å². The van der Waals surface area contributed by atoms with Crippen molar-refractivity contribution >= 4 is 5.84 Å². The zero-order valence-electron chi connectivity index (χ0n) is 9.86. The van der Waals surface area contributed by atoms with Crippen molar-refractivity contribution in [3.05, 3.63) is 34.9 Å². The fraction of sp³-hybridized carbons (Fsp3) is 0.364. The van der Waals surface area contributed by atoms with Gasteiger partial charge in [0, 0.05) is 26.2 Å². The normalized spacial score (nSPS) is 12.1. The largest absolute Gasteiger partial charge is 0.409 e. The first-order valence-electron chi connectivity index (χ1n) is 5.03. The molecule has 0 aromatic heterocycles. The van der Waals surface area contributed by atoms with Gasteiger partial charge in [0.05, 0.1) is 0 Å². The number of hydrazine groups is 1. The molecule has 5 heteroatoms. The Labute approximate surface area is 95.5 Å². The standard InChI is InChI=1S/C11H18N4O/c1-8-6-9(11(12)14-16)4-5-10(8)7-13-15(2)3/h4-6,13,16H,7H2,1-3H3,(H2,12,14). The molecule has 0 saturated carbocycles. The summed E-state index contributed by atoms with van der Waals surface area (Å²) in [5, 5.41) is 13.4. The topological polar surface area (TPSA) is 73.9 Å². The van der Waals surface area contributed by atoms with Gasteiger partial charge in [-0.05, 0) is 24.1 Å². The van der Waals surface area contributed by atoms with Crippen molar-refractivity contribution in [3.63, 3.8) is 0 Å². The van der Waals surface area contributed by atoms with Crippen LogP contribution in [0.1, 0.15) is 16.7 Å². The molecule has 0 amide bonds. The Hall–Kier alpha value is -1.59. The molecule has 5 nitrogen and oxygen atoms in total. The minimum atomic E-state index is 0.134. The number of benzene rings is 1. The van der Waals surface area contributed by atoms with Crippen molar-refractivity contribution in [2.24, 2.45) is 10.9 Å². The average molecular weight is 222 g/mol. The van der Waals surface area contributed by atoms with Crippen LogP contribution in [0.15, 0.2) is 23.4 Å². The minimum Gasteiger partial charge on any atom is -0.409 e. The van der Waals surface area contributed by atoms with E-state index < -0.39 is 0 Å². The monoisotopic (exact) mass is 222 g/mol. The quantitative estimate of drug-likeness (QED) is 0.303. The fourth-order valence-corrected chi connectivity index (χ4v) is 1.35. The third-order valence-corrected chi connectivity index (χ3v) is 2.33. The van der Waals surface area contributed by atoms with Crippen LogP contribution in [-0.4, -0.2) is 30.1 Å². The molecule has 0 aliphatic carbocycles. The van der Waals surface area contributed by atoms with Crippen LogP contribution in [0.3, 0.4) is 0 Å². The lowest BCUT2D eigenvalue weighted by molar-refractivity contribution is 0.285. The van der Waals surface area contributed by atoms with Gasteiger partial charge in [-0.15, -0.1) is 0 Å². The van der Waals surface area contributed by atoms with E-state index in [1.807, 2.05) is 44.2 Å². The van der Waals surface area contributed by atoms with Crippen molar-refractivity contribution in [2.75, 3.05) is 14.1 Å². The Morgan fingerprint density at radius 2 is 2.19 bits per heavy atom. The van der Waals surface area contributed by atoms with Crippen LogP contribution in [-0.2, 0) is 6.54 Å². The Bertz CT molecular complexity index is 388. The van der Waals surface area contributed by atoms with E-state index in [-0.39, 0.29) is 5.84 Å². The summed E-state index contributed by atoms with van der Waals surface area (Å²) in [6.45, 7) is 2.76. The highest BCUT2D eigenvalue weighted by Gasteiger charge is 2.03. The third-order valence-electron chi connectivity index (χ3n) is 2.33. The fourth-order valence-electron chi connectivity index (χ4n) is 1.35. The number of hydrogen-bond acceptors (Lipinski definition) is 4. The second kappa shape index (κ2) is 5.48. The third kappa shape index (κ3) is 3.22. The number of aryl methyl sites for hydroxylation is 1. The highest BCUT2D eigenvalue weighted by Crippen LogP contribution is 2.10. The van der Waals surface area contributed by atoms with Crippen LogP contribution < -0.4 is 11.2 Å². The summed E-state index contributed by atoms with van der Waals surface area (Å²) in [5.74, 6) is 0.134. The van der Waals surface area contributed by atoms with E-state index in [0.29, 0.717) is 0 Å². The maximum atomic E-state index is 8.57. The summed E-state index contributed by atoms with van der Waals surface area (Å²) in [6, 6.07) is 5.72. The van der Waals surface area contributed by atoms with E-state index in [2.05, 4.69) is 10.6 Å². The molecule has 4 N–H and O–H groups in total. The average Bonchev–Trinajstić information content (AvgIpc) is 2.26. The van der Waals surface area contributed by atoms with Gasteiger partial charge in [0.15, 0.2) is 5.84 Å². The molecular weight excluding hydrogens is 204 g/mol. The van der Waals surface area contributed by atoms with Crippen molar-refractivity contribution < 1.29 is 5.21 Å². The summed E-state index contributed by atoms with van der Waals surface area (Å²) in [6.07, 6.45) is 0.